The van der Waals surface area contributed by atoms with Crippen molar-refractivity contribution in [2.24, 2.45) is 0 Å². The summed E-state index contributed by atoms with van der Waals surface area (Å²) in [4.78, 5) is 15.8. The van der Waals surface area contributed by atoms with E-state index in [0.717, 1.165) is 12.8 Å². The summed E-state index contributed by atoms with van der Waals surface area (Å²) in [6.45, 7) is 0. The molecule has 1 aromatic carbocycles. The van der Waals surface area contributed by atoms with E-state index in [4.69, 9.17) is 4.52 Å². The van der Waals surface area contributed by atoms with Crippen molar-refractivity contribution < 1.29 is 22.5 Å². The van der Waals surface area contributed by atoms with Crippen LogP contribution in [-0.2, 0) is 19.3 Å². The highest BCUT2D eigenvalue weighted by Crippen LogP contribution is 2.44. The summed E-state index contributed by atoms with van der Waals surface area (Å²) in [6, 6.07) is 6.53. The van der Waals surface area contributed by atoms with E-state index in [1.807, 2.05) is 0 Å². The highest BCUT2D eigenvalue weighted by Gasteiger charge is 2.49. The van der Waals surface area contributed by atoms with Gasteiger partial charge in [-0.15, -0.1) is 0 Å². The summed E-state index contributed by atoms with van der Waals surface area (Å²) >= 11 is 0. The molecule has 0 saturated heterocycles. The number of aromatic nitrogens is 2. The molecule has 1 fully saturated rings. The quantitative estimate of drug-likeness (QED) is 0.780. The molecule has 0 amide bonds. The minimum Gasteiger partial charge on any atom is -0.465 e. The maximum Gasteiger partial charge on any atom is 0.337 e. The number of benzene rings is 1. The van der Waals surface area contributed by atoms with Gasteiger partial charge in [-0.05, 0) is 25.0 Å². The molecule has 24 heavy (non-hydrogen) atoms. The summed E-state index contributed by atoms with van der Waals surface area (Å²) in [5.41, 5.74) is 1.05. The lowest BCUT2D eigenvalue weighted by molar-refractivity contribution is 0.0600. The number of nitrogens with zero attached hydrogens (tertiary/aromatic N) is 2. The molecule has 0 bridgehead atoms. The third kappa shape index (κ3) is 2.71. The molecule has 1 aromatic heterocycles. The van der Waals surface area contributed by atoms with Gasteiger partial charge in [0.25, 0.3) is 0 Å². The third-order valence-corrected chi connectivity index (χ3v) is 6.50. The SMILES string of the molecule is COC(=O)c1ccc(-c2noc(C3(S(C)(=O)=O)CCCC3)n2)cc1. The molecule has 0 aliphatic heterocycles. The number of methoxy groups -OCH3 is 1. The monoisotopic (exact) mass is 350 g/mol. The second-order valence-electron chi connectivity index (χ2n) is 5.97. The van der Waals surface area contributed by atoms with Crippen molar-refractivity contribution in [2.45, 2.75) is 30.4 Å². The Balaban J connectivity index is 1.95. The van der Waals surface area contributed by atoms with Crippen LogP contribution in [0.1, 0.15) is 41.9 Å². The average Bonchev–Trinajstić information content (AvgIpc) is 3.23. The average molecular weight is 350 g/mol. The summed E-state index contributed by atoms with van der Waals surface area (Å²) in [6.07, 6.45) is 3.84. The second kappa shape index (κ2) is 6.01. The lowest BCUT2D eigenvalue weighted by Crippen LogP contribution is -2.32. The molecule has 0 radical (unpaired) electrons. The number of sulfone groups is 1. The fourth-order valence-electron chi connectivity index (χ4n) is 3.09. The van der Waals surface area contributed by atoms with Crippen molar-refractivity contribution in [1.29, 1.82) is 0 Å². The van der Waals surface area contributed by atoms with Crippen LogP contribution in [0.3, 0.4) is 0 Å². The van der Waals surface area contributed by atoms with E-state index in [1.165, 1.54) is 13.4 Å². The van der Waals surface area contributed by atoms with Crippen molar-refractivity contribution in [3.05, 3.63) is 35.7 Å². The number of rotatable bonds is 4. The first-order valence-electron chi connectivity index (χ1n) is 7.60. The van der Waals surface area contributed by atoms with Crippen molar-refractivity contribution in [2.75, 3.05) is 13.4 Å². The highest BCUT2D eigenvalue weighted by atomic mass is 32.2. The van der Waals surface area contributed by atoms with Crippen LogP contribution in [0.15, 0.2) is 28.8 Å². The van der Waals surface area contributed by atoms with Crippen molar-refractivity contribution in [3.63, 3.8) is 0 Å². The lowest BCUT2D eigenvalue weighted by Gasteiger charge is -2.21. The molecule has 0 spiro atoms. The summed E-state index contributed by atoms with van der Waals surface area (Å²) < 4.78 is 33.4. The van der Waals surface area contributed by atoms with Gasteiger partial charge in [-0.1, -0.05) is 30.1 Å². The van der Waals surface area contributed by atoms with Crippen LogP contribution in [0.4, 0.5) is 0 Å². The van der Waals surface area contributed by atoms with Gasteiger partial charge in [0.1, 0.15) is 0 Å². The highest BCUT2D eigenvalue weighted by molar-refractivity contribution is 7.91. The van der Waals surface area contributed by atoms with Crippen molar-refractivity contribution in [1.82, 2.24) is 10.1 Å². The molecule has 0 unspecified atom stereocenters. The Morgan fingerprint density at radius 2 is 1.83 bits per heavy atom. The van der Waals surface area contributed by atoms with E-state index < -0.39 is 20.6 Å². The fourth-order valence-corrected chi connectivity index (χ4v) is 4.52. The van der Waals surface area contributed by atoms with Gasteiger partial charge < -0.3 is 9.26 Å². The maximum atomic E-state index is 12.3. The van der Waals surface area contributed by atoms with E-state index in [0.29, 0.717) is 29.8 Å². The number of hydrogen-bond donors (Lipinski definition) is 0. The second-order valence-corrected chi connectivity index (χ2v) is 8.29. The van der Waals surface area contributed by atoms with Crippen LogP contribution < -0.4 is 0 Å². The fraction of sp³-hybridized carbons (Fsp3) is 0.438. The molecule has 1 aliphatic rings. The van der Waals surface area contributed by atoms with E-state index >= 15 is 0 Å². The molecule has 2 aromatic rings. The Morgan fingerprint density at radius 3 is 2.38 bits per heavy atom. The van der Waals surface area contributed by atoms with Crippen LogP contribution >= 0.6 is 0 Å². The Bertz CT molecular complexity index is 849. The van der Waals surface area contributed by atoms with E-state index in [9.17, 15) is 13.2 Å². The summed E-state index contributed by atoms with van der Waals surface area (Å²) in [7, 11) is -2.05. The molecule has 0 N–H and O–H groups in total. The van der Waals surface area contributed by atoms with Gasteiger partial charge in [-0.25, -0.2) is 13.2 Å². The predicted molar refractivity (Wildman–Crippen MR) is 86.1 cm³/mol. The first-order chi connectivity index (χ1) is 11.4. The zero-order valence-corrected chi connectivity index (χ0v) is 14.3. The van der Waals surface area contributed by atoms with Gasteiger partial charge in [0.15, 0.2) is 14.6 Å². The van der Waals surface area contributed by atoms with E-state index in [2.05, 4.69) is 14.9 Å². The molecule has 7 nitrogen and oxygen atoms in total. The van der Waals surface area contributed by atoms with E-state index in [1.54, 1.807) is 24.3 Å². The van der Waals surface area contributed by atoms with Crippen LogP contribution in [0, 0.1) is 0 Å². The minimum absolute atomic E-state index is 0.148. The Morgan fingerprint density at radius 1 is 1.21 bits per heavy atom. The number of hydrogen-bond acceptors (Lipinski definition) is 7. The molecular formula is C16H18N2O5S. The number of carbonyl (C=O) groups excluding carboxylic acids is 1. The first kappa shape index (κ1) is 16.6. The van der Waals surface area contributed by atoms with Crippen LogP contribution in [0.2, 0.25) is 0 Å². The molecule has 1 saturated carbocycles. The summed E-state index contributed by atoms with van der Waals surface area (Å²) in [5, 5.41) is 3.92. The van der Waals surface area contributed by atoms with Crippen molar-refractivity contribution >= 4 is 15.8 Å². The molecule has 0 atom stereocenters. The number of esters is 1. The molecular weight excluding hydrogens is 332 g/mol. The van der Waals surface area contributed by atoms with Gasteiger partial charge in [0, 0.05) is 11.8 Å². The molecule has 1 heterocycles. The molecule has 8 heteroatoms. The number of ether oxygens (including phenoxy) is 1. The van der Waals surface area contributed by atoms with Gasteiger partial charge in [0.05, 0.1) is 12.7 Å². The zero-order chi connectivity index (χ0) is 17.4. The standard InChI is InChI=1S/C16H18N2O5S/c1-22-14(19)12-7-5-11(6-8-12)13-17-15(23-18-13)16(24(2,20)21)9-3-4-10-16/h5-8H,3-4,9-10H2,1-2H3. The topological polar surface area (TPSA) is 99.4 Å². The predicted octanol–water partition coefficient (Wildman–Crippen LogP) is 2.34. The van der Waals surface area contributed by atoms with Crippen LogP contribution in [0.5, 0.6) is 0 Å². The zero-order valence-electron chi connectivity index (χ0n) is 13.5. The van der Waals surface area contributed by atoms with E-state index in [-0.39, 0.29) is 5.89 Å². The van der Waals surface area contributed by atoms with Gasteiger partial charge in [-0.3, -0.25) is 0 Å². The summed E-state index contributed by atoms with van der Waals surface area (Å²) in [5.74, 6) is 0.0169. The molecule has 3 rings (SSSR count). The van der Waals surface area contributed by atoms with Gasteiger partial charge >= 0.3 is 5.97 Å². The van der Waals surface area contributed by atoms with Crippen LogP contribution in [0.25, 0.3) is 11.4 Å². The third-order valence-electron chi connectivity index (χ3n) is 4.50. The Hall–Kier alpha value is -2.22. The minimum atomic E-state index is -3.36. The van der Waals surface area contributed by atoms with Gasteiger partial charge in [-0.2, -0.15) is 4.98 Å². The Kier molecular flexibility index (Phi) is 4.16. The first-order valence-corrected chi connectivity index (χ1v) is 9.49. The maximum absolute atomic E-state index is 12.3. The molecule has 1 aliphatic carbocycles. The lowest BCUT2D eigenvalue weighted by atomic mass is 10.1. The molecule has 128 valence electrons. The number of carbonyl (C=O) groups is 1. The van der Waals surface area contributed by atoms with Crippen LogP contribution in [-0.4, -0.2) is 37.9 Å². The van der Waals surface area contributed by atoms with Gasteiger partial charge in [0.2, 0.25) is 11.7 Å². The van der Waals surface area contributed by atoms with Crippen molar-refractivity contribution in [3.8, 4) is 11.4 Å². The normalized spacial score (nSPS) is 16.9. The smallest absolute Gasteiger partial charge is 0.337 e. The Labute approximate surface area is 139 Å². The largest absolute Gasteiger partial charge is 0.465 e.